The molecule has 1 saturated heterocycles. The Morgan fingerprint density at radius 3 is 2.68 bits per heavy atom. The van der Waals surface area contributed by atoms with Crippen LogP contribution in [0.2, 0.25) is 0 Å². The Hall–Kier alpha value is -1.98. The SMILES string of the molecule is CC1(C)CC(=O)NN(Cc2cc(F)ccc2F)C1=O. The van der Waals surface area contributed by atoms with Gasteiger partial charge in [0.15, 0.2) is 0 Å². The molecule has 0 aromatic heterocycles. The van der Waals surface area contributed by atoms with Gasteiger partial charge in [-0.05, 0) is 18.2 Å². The predicted molar refractivity (Wildman–Crippen MR) is 63.4 cm³/mol. The molecule has 2 rings (SSSR count). The summed E-state index contributed by atoms with van der Waals surface area (Å²) in [6.07, 6.45) is 0.0773. The summed E-state index contributed by atoms with van der Waals surface area (Å²) in [5, 5.41) is 1.03. The Labute approximate surface area is 109 Å². The molecule has 1 heterocycles. The maximum Gasteiger partial charge on any atom is 0.247 e. The van der Waals surface area contributed by atoms with Crippen molar-refractivity contribution in [2.45, 2.75) is 26.8 Å². The van der Waals surface area contributed by atoms with Crippen LogP contribution in [0.4, 0.5) is 8.78 Å². The van der Waals surface area contributed by atoms with Crippen LogP contribution in [0.1, 0.15) is 25.8 Å². The number of carbonyl (C=O) groups excluding carboxylic acids is 2. The molecule has 0 unspecified atom stereocenters. The highest BCUT2D eigenvalue weighted by molar-refractivity contribution is 5.93. The van der Waals surface area contributed by atoms with Crippen LogP contribution < -0.4 is 5.43 Å². The second-order valence-electron chi connectivity index (χ2n) is 5.22. The van der Waals surface area contributed by atoms with Crippen molar-refractivity contribution in [3.05, 3.63) is 35.4 Å². The molecule has 1 fully saturated rings. The van der Waals surface area contributed by atoms with E-state index in [1.54, 1.807) is 13.8 Å². The minimum absolute atomic E-state index is 0.0198. The Bertz CT molecular complexity index is 543. The Morgan fingerprint density at radius 2 is 2.00 bits per heavy atom. The maximum absolute atomic E-state index is 13.5. The summed E-state index contributed by atoms with van der Waals surface area (Å²) in [4.78, 5) is 23.6. The largest absolute Gasteiger partial charge is 0.273 e. The van der Waals surface area contributed by atoms with Crippen molar-refractivity contribution in [3.8, 4) is 0 Å². The van der Waals surface area contributed by atoms with Crippen molar-refractivity contribution < 1.29 is 18.4 Å². The summed E-state index contributed by atoms with van der Waals surface area (Å²) in [5.41, 5.74) is 1.55. The number of nitrogens with zero attached hydrogens (tertiary/aromatic N) is 1. The van der Waals surface area contributed by atoms with Gasteiger partial charge in [-0.1, -0.05) is 13.8 Å². The van der Waals surface area contributed by atoms with Crippen molar-refractivity contribution in [1.29, 1.82) is 0 Å². The van der Waals surface area contributed by atoms with Gasteiger partial charge >= 0.3 is 0 Å². The van der Waals surface area contributed by atoms with Gasteiger partial charge in [-0.3, -0.25) is 15.0 Å². The molecule has 0 radical (unpaired) electrons. The summed E-state index contributed by atoms with van der Waals surface area (Å²) in [5.74, 6) is -1.85. The van der Waals surface area contributed by atoms with Gasteiger partial charge in [0.2, 0.25) is 11.8 Å². The minimum Gasteiger partial charge on any atom is -0.273 e. The zero-order chi connectivity index (χ0) is 14.2. The molecule has 0 spiro atoms. The van der Waals surface area contributed by atoms with Gasteiger partial charge in [0, 0.05) is 12.0 Å². The Balaban J connectivity index is 2.24. The number of amides is 2. The number of hydrogen-bond donors (Lipinski definition) is 1. The molecule has 1 aliphatic heterocycles. The van der Waals surface area contributed by atoms with E-state index in [0.717, 1.165) is 23.2 Å². The quantitative estimate of drug-likeness (QED) is 0.888. The predicted octanol–water partition coefficient (Wildman–Crippen LogP) is 1.75. The molecule has 1 aromatic rings. The van der Waals surface area contributed by atoms with Crippen LogP contribution in [0, 0.1) is 17.0 Å². The molecule has 19 heavy (non-hydrogen) atoms. The number of halogens is 2. The van der Waals surface area contributed by atoms with E-state index in [2.05, 4.69) is 5.43 Å². The van der Waals surface area contributed by atoms with E-state index in [0.29, 0.717) is 0 Å². The van der Waals surface area contributed by atoms with Crippen molar-refractivity contribution >= 4 is 11.8 Å². The van der Waals surface area contributed by atoms with E-state index in [-0.39, 0.29) is 30.3 Å². The van der Waals surface area contributed by atoms with Gasteiger partial charge in [0.25, 0.3) is 0 Å². The zero-order valence-corrected chi connectivity index (χ0v) is 10.7. The Kier molecular flexibility index (Phi) is 3.26. The second-order valence-corrected chi connectivity index (χ2v) is 5.22. The van der Waals surface area contributed by atoms with Crippen LogP contribution in [0.5, 0.6) is 0 Å². The van der Waals surface area contributed by atoms with Crippen molar-refractivity contribution in [2.75, 3.05) is 0 Å². The first-order valence-electron chi connectivity index (χ1n) is 5.85. The molecule has 0 atom stereocenters. The lowest BCUT2D eigenvalue weighted by atomic mass is 9.86. The fraction of sp³-hybridized carbons (Fsp3) is 0.385. The van der Waals surface area contributed by atoms with Crippen LogP contribution in [0.15, 0.2) is 18.2 Å². The fourth-order valence-electron chi connectivity index (χ4n) is 2.03. The van der Waals surface area contributed by atoms with Gasteiger partial charge in [-0.25, -0.2) is 13.8 Å². The standard InChI is InChI=1S/C13H14F2N2O2/c1-13(2)6-11(18)16-17(12(13)19)7-8-5-9(14)3-4-10(8)15/h3-5H,6-7H2,1-2H3,(H,16,18). The lowest BCUT2D eigenvalue weighted by Crippen LogP contribution is -2.56. The van der Waals surface area contributed by atoms with Crippen LogP contribution >= 0.6 is 0 Å². The monoisotopic (exact) mass is 268 g/mol. The average molecular weight is 268 g/mol. The highest BCUT2D eigenvalue weighted by Gasteiger charge is 2.39. The Morgan fingerprint density at radius 1 is 1.32 bits per heavy atom. The van der Waals surface area contributed by atoms with E-state index < -0.39 is 17.0 Å². The molecular weight excluding hydrogens is 254 g/mol. The van der Waals surface area contributed by atoms with Crippen LogP contribution in [-0.2, 0) is 16.1 Å². The number of rotatable bonds is 2. The first-order valence-corrected chi connectivity index (χ1v) is 5.85. The average Bonchev–Trinajstić information content (AvgIpc) is 2.29. The van der Waals surface area contributed by atoms with Gasteiger partial charge in [0.1, 0.15) is 11.6 Å². The minimum atomic E-state index is -0.841. The van der Waals surface area contributed by atoms with E-state index >= 15 is 0 Å². The van der Waals surface area contributed by atoms with Gasteiger partial charge in [0.05, 0.1) is 12.0 Å². The number of benzene rings is 1. The van der Waals surface area contributed by atoms with Crippen LogP contribution in [-0.4, -0.2) is 16.8 Å². The van der Waals surface area contributed by atoms with Gasteiger partial charge < -0.3 is 0 Å². The maximum atomic E-state index is 13.5. The summed E-state index contributed by atoms with van der Waals surface area (Å²) in [7, 11) is 0. The van der Waals surface area contributed by atoms with Gasteiger partial charge in [-0.2, -0.15) is 0 Å². The van der Waals surface area contributed by atoms with E-state index in [1.165, 1.54) is 0 Å². The summed E-state index contributed by atoms with van der Waals surface area (Å²) >= 11 is 0. The first kappa shape index (κ1) is 13.5. The highest BCUT2D eigenvalue weighted by atomic mass is 19.1. The third-order valence-corrected chi connectivity index (χ3v) is 3.02. The van der Waals surface area contributed by atoms with Crippen LogP contribution in [0.3, 0.4) is 0 Å². The number of hydrazine groups is 1. The number of carbonyl (C=O) groups is 2. The van der Waals surface area contributed by atoms with Crippen LogP contribution in [0.25, 0.3) is 0 Å². The fourth-order valence-corrected chi connectivity index (χ4v) is 2.03. The molecule has 1 aromatic carbocycles. The van der Waals surface area contributed by atoms with Gasteiger partial charge in [-0.15, -0.1) is 0 Å². The third kappa shape index (κ3) is 2.72. The smallest absolute Gasteiger partial charge is 0.247 e. The molecule has 1 N–H and O–H groups in total. The van der Waals surface area contributed by atoms with E-state index in [9.17, 15) is 18.4 Å². The molecule has 1 aliphatic rings. The third-order valence-electron chi connectivity index (χ3n) is 3.02. The van der Waals surface area contributed by atoms with Crippen molar-refractivity contribution in [1.82, 2.24) is 10.4 Å². The molecule has 4 nitrogen and oxygen atoms in total. The number of hydrogen-bond acceptors (Lipinski definition) is 2. The lowest BCUT2D eigenvalue weighted by molar-refractivity contribution is -0.158. The molecular formula is C13H14F2N2O2. The molecule has 0 aliphatic carbocycles. The molecule has 0 bridgehead atoms. The highest BCUT2D eigenvalue weighted by Crippen LogP contribution is 2.27. The van der Waals surface area contributed by atoms with E-state index in [1.807, 2.05) is 0 Å². The first-order chi connectivity index (χ1) is 8.79. The van der Waals surface area contributed by atoms with Crippen molar-refractivity contribution in [3.63, 3.8) is 0 Å². The zero-order valence-electron chi connectivity index (χ0n) is 10.7. The summed E-state index contributed by atoms with van der Waals surface area (Å²) in [6.45, 7) is 3.09. The molecule has 0 saturated carbocycles. The number of nitrogens with one attached hydrogen (secondary N) is 1. The topological polar surface area (TPSA) is 49.4 Å². The van der Waals surface area contributed by atoms with E-state index in [4.69, 9.17) is 0 Å². The summed E-state index contributed by atoms with van der Waals surface area (Å²) in [6, 6.07) is 3.00. The summed E-state index contributed by atoms with van der Waals surface area (Å²) < 4.78 is 26.6. The lowest BCUT2D eigenvalue weighted by Gasteiger charge is -2.36. The molecule has 102 valence electrons. The van der Waals surface area contributed by atoms with Crippen molar-refractivity contribution in [2.24, 2.45) is 5.41 Å². The molecule has 6 heteroatoms. The second kappa shape index (κ2) is 4.60. The molecule has 2 amide bonds. The normalized spacial score (nSPS) is 18.4.